The number of nitrogen functional groups attached to an aromatic ring is 1. The summed E-state index contributed by atoms with van der Waals surface area (Å²) in [6, 6.07) is 15.1. The first kappa shape index (κ1) is 10.9. The Hall–Kier alpha value is -1.61. The number of nitrogens with two attached hydrogens (primary N) is 1. The van der Waals surface area contributed by atoms with Crippen molar-refractivity contribution >= 4 is 27.3 Å². The first-order valence-corrected chi connectivity index (χ1v) is 5.67. The van der Waals surface area contributed by atoms with Crippen molar-refractivity contribution in [2.45, 2.75) is 0 Å². The number of nitrogens with one attached hydrogen (secondary N) is 1. The molecule has 3 N–H and O–H groups in total. The molecule has 0 bridgehead atoms. The van der Waals surface area contributed by atoms with Crippen molar-refractivity contribution in [1.29, 1.82) is 5.41 Å². The summed E-state index contributed by atoms with van der Waals surface area (Å²) in [5.74, 6) is 0. The second-order valence-corrected chi connectivity index (χ2v) is 4.39. The van der Waals surface area contributed by atoms with Gasteiger partial charge in [-0.25, -0.2) is 0 Å². The molecular formula is C13H11BrN2. The highest BCUT2D eigenvalue weighted by Gasteiger charge is 2.08. The molecule has 0 heterocycles. The van der Waals surface area contributed by atoms with Crippen LogP contribution in [0.5, 0.6) is 0 Å². The fraction of sp³-hybridized carbons (Fsp3) is 0. The summed E-state index contributed by atoms with van der Waals surface area (Å²) in [4.78, 5) is 0. The molecule has 0 spiro atoms. The van der Waals surface area contributed by atoms with Crippen molar-refractivity contribution < 1.29 is 0 Å². The Bertz CT molecular complexity index is 521. The van der Waals surface area contributed by atoms with E-state index in [-0.39, 0.29) is 0 Å². The average molecular weight is 275 g/mol. The fourth-order valence-corrected chi connectivity index (χ4v) is 1.87. The summed E-state index contributed by atoms with van der Waals surface area (Å²) in [5.41, 5.74) is 8.55. The molecule has 2 aromatic rings. The van der Waals surface area contributed by atoms with E-state index in [1.54, 1.807) is 6.07 Å². The standard InChI is InChI=1S/C13H11BrN2/c14-10-6-7-12(15)11(8-10)13(16)9-4-2-1-3-5-9/h1-8,16H,15H2. The van der Waals surface area contributed by atoms with E-state index in [0.717, 1.165) is 15.6 Å². The molecule has 0 amide bonds. The molecule has 0 saturated carbocycles. The number of hydrogen-bond donors (Lipinski definition) is 2. The van der Waals surface area contributed by atoms with E-state index in [9.17, 15) is 0 Å². The van der Waals surface area contributed by atoms with Gasteiger partial charge in [-0.15, -0.1) is 0 Å². The second-order valence-electron chi connectivity index (χ2n) is 3.47. The first-order chi connectivity index (χ1) is 7.68. The van der Waals surface area contributed by atoms with Gasteiger partial charge in [0.15, 0.2) is 0 Å². The smallest absolute Gasteiger partial charge is 0.0705 e. The number of benzene rings is 2. The van der Waals surface area contributed by atoms with Crippen molar-refractivity contribution in [3.8, 4) is 0 Å². The third kappa shape index (κ3) is 2.14. The van der Waals surface area contributed by atoms with E-state index in [2.05, 4.69) is 15.9 Å². The Morgan fingerprint density at radius 2 is 1.75 bits per heavy atom. The van der Waals surface area contributed by atoms with Gasteiger partial charge in [-0.1, -0.05) is 46.3 Å². The van der Waals surface area contributed by atoms with E-state index in [4.69, 9.17) is 11.1 Å². The maximum absolute atomic E-state index is 8.11. The summed E-state index contributed by atoms with van der Waals surface area (Å²) in [6.07, 6.45) is 0. The van der Waals surface area contributed by atoms with Gasteiger partial charge in [0.25, 0.3) is 0 Å². The van der Waals surface area contributed by atoms with Crippen LogP contribution in [0.3, 0.4) is 0 Å². The van der Waals surface area contributed by atoms with Gasteiger partial charge < -0.3 is 5.73 Å². The third-order valence-corrected chi connectivity index (χ3v) is 2.84. The minimum Gasteiger partial charge on any atom is -0.398 e. The molecule has 2 nitrogen and oxygen atoms in total. The van der Waals surface area contributed by atoms with Crippen LogP contribution in [-0.2, 0) is 0 Å². The maximum atomic E-state index is 8.11. The molecule has 80 valence electrons. The van der Waals surface area contributed by atoms with Crippen LogP contribution < -0.4 is 5.73 Å². The lowest BCUT2D eigenvalue weighted by atomic mass is 10.0. The fourth-order valence-electron chi connectivity index (χ4n) is 1.51. The maximum Gasteiger partial charge on any atom is 0.0705 e. The minimum absolute atomic E-state index is 0.444. The van der Waals surface area contributed by atoms with Crippen LogP contribution in [-0.4, -0.2) is 5.71 Å². The highest BCUT2D eigenvalue weighted by molar-refractivity contribution is 9.10. The zero-order chi connectivity index (χ0) is 11.5. The molecule has 0 saturated heterocycles. The average Bonchev–Trinajstić information content (AvgIpc) is 2.32. The molecule has 2 aromatic carbocycles. The molecule has 0 radical (unpaired) electrons. The van der Waals surface area contributed by atoms with Crippen molar-refractivity contribution in [2.75, 3.05) is 5.73 Å². The Labute approximate surface area is 103 Å². The Balaban J connectivity index is 2.46. The second kappa shape index (κ2) is 4.49. The molecule has 2 rings (SSSR count). The molecule has 0 aliphatic rings. The quantitative estimate of drug-likeness (QED) is 0.640. The van der Waals surface area contributed by atoms with Crippen molar-refractivity contribution in [2.24, 2.45) is 0 Å². The van der Waals surface area contributed by atoms with Gasteiger partial charge in [0, 0.05) is 21.3 Å². The van der Waals surface area contributed by atoms with Gasteiger partial charge in [-0.3, -0.25) is 5.41 Å². The lowest BCUT2D eigenvalue weighted by Gasteiger charge is -2.08. The van der Waals surface area contributed by atoms with Gasteiger partial charge in [0.05, 0.1) is 5.71 Å². The Kier molecular flexibility index (Phi) is 3.06. The van der Waals surface area contributed by atoms with Crippen molar-refractivity contribution in [3.05, 3.63) is 64.1 Å². The highest BCUT2D eigenvalue weighted by atomic mass is 79.9. The zero-order valence-corrected chi connectivity index (χ0v) is 10.2. The van der Waals surface area contributed by atoms with E-state index in [1.165, 1.54) is 0 Å². The zero-order valence-electron chi connectivity index (χ0n) is 8.57. The van der Waals surface area contributed by atoms with E-state index >= 15 is 0 Å². The molecule has 0 atom stereocenters. The Morgan fingerprint density at radius 1 is 1.06 bits per heavy atom. The number of anilines is 1. The lowest BCUT2D eigenvalue weighted by Crippen LogP contribution is -2.05. The summed E-state index contributed by atoms with van der Waals surface area (Å²) in [5, 5.41) is 8.11. The summed E-state index contributed by atoms with van der Waals surface area (Å²) >= 11 is 3.38. The van der Waals surface area contributed by atoms with Crippen LogP contribution in [0.25, 0.3) is 0 Å². The molecule has 0 aliphatic heterocycles. The van der Waals surface area contributed by atoms with Crippen LogP contribution in [0.4, 0.5) is 5.69 Å². The summed E-state index contributed by atoms with van der Waals surface area (Å²) < 4.78 is 0.928. The first-order valence-electron chi connectivity index (χ1n) is 4.88. The van der Waals surface area contributed by atoms with Gasteiger partial charge in [-0.2, -0.15) is 0 Å². The van der Waals surface area contributed by atoms with Crippen molar-refractivity contribution in [3.63, 3.8) is 0 Å². The number of halogens is 1. The van der Waals surface area contributed by atoms with Crippen LogP contribution >= 0.6 is 15.9 Å². The van der Waals surface area contributed by atoms with Crippen LogP contribution in [0.1, 0.15) is 11.1 Å². The Morgan fingerprint density at radius 3 is 2.44 bits per heavy atom. The molecule has 0 aliphatic carbocycles. The largest absolute Gasteiger partial charge is 0.398 e. The normalized spacial score (nSPS) is 10.1. The lowest BCUT2D eigenvalue weighted by molar-refractivity contribution is 1.45. The topological polar surface area (TPSA) is 49.9 Å². The van der Waals surface area contributed by atoms with Gasteiger partial charge in [-0.05, 0) is 18.2 Å². The monoisotopic (exact) mass is 274 g/mol. The van der Waals surface area contributed by atoms with Crippen LogP contribution in [0.15, 0.2) is 53.0 Å². The summed E-state index contributed by atoms with van der Waals surface area (Å²) in [7, 11) is 0. The van der Waals surface area contributed by atoms with E-state index in [1.807, 2.05) is 42.5 Å². The molecule has 16 heavy (non-hydrogen) atoms. The SMILES string of the molecule is N=C(c1ccccc1)c1cc(Br)ccc1N. The molecule has 0 fully saturated rings. The third-order valence-electron chi connectivity index (χ3n) is 2.35. The minimum atomic E-state index is 0.444. The van der Waals surface area contributed by atoms with Gasteiger partial charge in [0.1, 0.15) is 0 Å². The highest BCUT2D eigenvalue weighted by Crippen LogP contribution is 2.21. The summed E-state index contributed by atoms with van der Waals surface area (Å²) in [6.45, 7) is 0. The van der Waals surface area contributed by atoms with Crippen molar-refractivity contribution in [1.82, 2.24) is 0 Å². The predicted molar refractivity (Wildman–Crippen MR) is 70.9 cm³/mol. The molecule has 3 heteroatoms. The molecular weight excluding hydrogens is 264 g/mol. The van der Waals surface area contributed by atoms with E-state index in [0.29, 0.717) is 11.4 Å². The molecule has 0 unspecified atom stereocenters. The predicted octanol–water partition coefficient (Wildman–Crippen LogP) is 3.45. The number of rotatable bonds is 2. The van der Waals surface area contributed by atoms with E-state index < -0.39 is 0 Å². The van der Waals surface area contributed by atoms with Gasteiger partial charge >= 0.3 is 0 Å². The van der Waals surface area contributed by atoms with Gasteiger partial charge in [0.2, 0.25) is 0 Å². The molecule has 0 aromatic heterocycles. The number of hydrogen-bond acceptors (Lipinski definition) is 2. The van der Waals surface area contributed by atoms with Crippen LogP contribution in [0, 0.1) is 5.41 Å². The van der Waals surface area contributed by atoms with Crippen LogP contribution in [0.2, 0.25) is 0 Å².